The molecular weight excluding hydrogens is 420 g/mol. The minimum atomic E-state index is -0.328. The van der Waals surface area contributed by atoms with Crippen molar-refractivity contribution in [1.29, 1.82) is 0 Å². The maximum atomic E-state index is 12.9. The summed E-state index contributed by atoms with van der Waals surface area (Å²) >= 11 is 3.44. The van der Waals surface area contributed by atoms with Gasteiger partial charge < -0.3 is 15.0 Å². The van der Waals surface area contributed by atoms with Crippen molar-refractivity contribution >= 4 is 33.4 Å². The van der Waals surface area contributed by atoms with E-state index in [1.807, 2.05) is 48.5 Å². The molecule has 1 saturated carbocycles. The van der Waals surface area contributed by atoms with Crippen LogP contribution in [0.5, 0.6) is 5.75 Å². The third-order valence-electron chi connectivity index (χ3n) is 5.48. The molecular formula is C22H23BrN2O3. The highest BCUT2D eigenvalue weighted by atomic mass is 79.9. The van der Waals surface area contributed by atoms with Crippen molar-refractivity contribution < 1.29 is 14.3 Å². The first-order valence-electron chi connectivity index (χ1n) is 9.55. The number of nitrogens with one attached hydrogen (secondary N) is 1. The van der Waals surface area contributed by atoms with Crippen LogP contribution < -0.4 is 15.0 Å². The number of ether oxygens (including phenoxy) is 1. The van der Waals surface area contributed by atoms with E-state index >= 15 is 0 Å². The number of methoxy groups -OCH3 is 1. The number of nitrogens with zero attached hydrogens (tertiary/aromatic N) is 1. The standard InChI is InChI=1S/C22H23BrN2O3/c1-28-19-9-7-15(8-10-19)21(14-5-6-14)24-22(27)16-11-20(26)25(13-16)18-4-2-3-17(23)12-18/h2-4,7-10,12,14,16,21H,5-6,11,13H2,1H3,(H,24,27). The molecule has 0 bridgehead atoms. The summed E-state index contributed by atoms with van der Waals surface area (Å²) in [5.74, 6) is 0.890. The van der Waals surface area contributed by atoms with E-state index in [4.69, 9.17) is 4.74 Å². The highest BCUT2D eigenvalue weighted by Gasteiger charge is 2.39. The van der Waals surface area contributed by atoms with Gasteiger partial charge >= 0.3 is 0 Å². The van der Waals surface area contributed by atoms with Crippen LogP contribution in [0.1, 0.15) is 30.9 Å². The van der Waals surface area contributed by atoms with Gasteiger partial charge in [0.15, 0.2) is 0 Å². The third kappa shape index (κ3) is 4.07. The number of rotatable bonds is 6. The van der Waals surface area contributed by atoms with Gasteiger partial charge in [0, 0.05) is 23.1 Å². The average Bonchev–Trinajstić information content (AvgIpc) is 3.47. The molecule has 6 heteroatoms. The molecule has 28 heavy (non-hydrogen) atoms. The van der Waals surface area contributed by atoms with E-state index in [1.165, 1.54) is 0 Å². The highest BCUT2D eigenvalue weighted by Crippen LogP contribution is 2.41. The van der Waals surface area contributed by atoms with Crippen molar-refractivity contribution in [1.82, 2.24) is 5.32 Å². The van der Waals surface area contributed by atoms with E-state index in [2.05, 4.69) is 21.2 Å². The summed E-state index contributed by atoms with van der Waals surface area (Å²) in [6.07, 6.45) is 2.48. The predicted octanol–water partition coefficient (Wildman–Crippen LogP) is 4.08. The lowest BCUT2D eigenvalue weighted by Gasteiger charge is -2.22. The second-order valence-corrected chi connectivity index (χ2v) is 8.40. The maximum Gasteiger partial charge on any atom is 0.227 e. The van der Waals surface area contributed by atoms with Gasteiger partial charge in [-0.3, -0.25) is 9.59 Å². The fourth-order valence-corrected chi connectivity index (χ4v) is 4.15. The number of amides is 2. The van der Waals surface area contributed by atoms with Crippen molar-refractivity contribution in [3.63, 3.8) is 0 Å². The minimum Gasteiger partial charge on any atom is -0.497 e. The topological polar surface area (TPSA) is 58.6 Å². The number of hydrogen-bond acceptors (Lipinski definition) is 3. The maximum absolute atomic E-state index is 12.9. The van der Waals surface area contributed by atoms with Gasteiger partial charge in [0.2, 0.25) is 11.8 Å². The molecule has 1 heterocycles. The van der Waals surface area contributed by atoms with E-state index in [1.54, 1.807) is 12.0 Å². The van der Waals surface area contributed by atoms with E-state index in [9.17, 15) is 9.59 Å². The van der Waals surface area contributed by atoms with Crippen LogP contribution in [0.4, 0.5) is 5.69 Å². The Balaban J connectivity index is 1.45. The molecule has 1 saturated heterocycles. The first-order chi connectivity index (χ1) is 13.5. The first kappa shape index (κ1) is 19.0. The largest absolute Gasteiger partial charge is 0.497 e. The van der Waals surface area contributed by atoms with Crippen LogP contribution >= 0.6 is 15.9 Å². The molecule has 2 unspecified atom stereocenters. The minimum absolute atomic E-state index is 0.00609. The number of carbonyl (C=O) groups excluding carboxylic acids is 2. The first-order valence-corrected chi connectivity index (χ1v) is 10.3. The number of hydrogen-bond donors (Lipinski definition) is 1. The zero-order chi connectivity index (χ0) is 19.7. The van der Waals surface area contributed by atoms with Gasteiger partial charge in [-0.2, -0.15) is 0 Å². The fourth-order valence-electron chi connectivity index (χ4n) is 3.76. The smallest absolute Gasteiger partial charge is 0.227 e. The Hall–Kier alpha value is -2.34. The van der Waals surface area contributed by atoms with Gasteiger partial charge in [-0.25, -0.2) is 0 Å². The van der Waals surface area contributed by atoms with Crippen molar-refractivity contribution in [2.24, 2.45) is 11.8 Å². The SMILES string of the molecule is COc1ccc(C(NC(=O)C2CC(=O)N(c3cccc(Br)c3)C2)C2CC2)cc1. The average molecular weight is 443 g/mol. The number of carbonyl (C=O) groups is 2. The predicted molar refractivity (Wildman–Crippen MR) is 111 cm³/mol. The second-order valence-electron chi connectivity index (χ2n) is 7.48. The number of halogens is 1. The monoisotopic (exact) mass is 442 g/mol. The molecule has 2 fully saturated rings. The Morgan fingerprint density at radius 2 is 1.96 bits per heavy atom. The molecule has 0 spiro atoms. The zero-order valence-electron chi connectivity index (χ0n) is 15.7. The van der Waals surface area contributed by atoms with Gasteiger partial charge in [0.25, 0.3) is 0 Å². The molecule has 1 aliphatic carbocycles. The van der Waals surface area contributed by atoms with Gasteiger partial charge in [-0.05, 0) is 54.7 Å². The molecule has 5 nitrogen and oxygen atoms in total. The van der Waals surface area contributed by atoms with E-state index in [0.29, 0.717) is 12.5 Å². The Kier molecular flexibility index (Phi) is 5.40. The zero-order valence-corrected chi connectivity index (χ0v) is 17.3. The quantitative estimate of drug-likeness (QED) is 0.732. The van der Waals surface area contributed by atoms with Crippen molar-refractivity contribution in [2.75, 3.05) is 18.6 Å². The fraction of sp³-hybridized carbons (Fsp3) is 0.364. The van der Waals surface area contributed by atoms with Crippen LogP contribution in [-0.2, 0) is 9.59 Å². The van der Waals surface area contributed by atoms with Gasteiger partial charge in [-0.1, -0.05) is 34.1 Å². The van der Waals surface area contributed by atoms with Crippen LogP contribution in [0.15, 0.2) is 53.0 Å². The second kappa shape index (κ2) is 7.95. The Morgan fingerprint density at radius 3 is 2.61 bits per heavy atom. The van der Waals surface area contributed by atoms with Crippen LogP contribution in [0.25, 0.3) is 0 Å². The van der Waals surface area contributed by atoms with Crippen molar-refractivity contribution in [2.45, 2.75) is 25.3 Å². The Morgan fingerprint density at radius 1 is 1.21 bits per heavy atom. The van der Waals surface area contributed by atoms with E-state index in [-0.39, 0.29) is 30.2 Å². The summed E-state index contributed by atoms with van der Waals surface area (Å²) in [7, 11) is 1.64. The highest BCUT2D eigenvalue weighted by molar-refractivity contribution is 9.10. The lowest BCUT2D eigenvalue weighted by Crippen LogP contribution is -2.36. The molecule has 2 atom stereocenters. The molecule has 4 rings (SSSR count). The van der Waals surface area contributed by atoms with Gasteiger partial charge in [0.05, 0.1) is 19.1 Å². The molecule has 0 aromatic heterocycles. The number of benzene rings is 2. The molecule has 146 valence electrons. The van der Waals surface area contributed by atoms with Crippen molar-refractivity contribution in [3.05, 3.63) is 58.6 Å². The molecule has 2 aliphatic rings. The lowest BCUT2D eigenvalue weighted by molar-refractivity contribution is -0.127. The lowest BCUT2D eigenvalue weighted by atomic mass is 10.00. The summed E-state index contributed by atoms with van der Waals surface area (Å²) in [5, 5.41) is 3.21. The Labute approximate surface area is 173 Å². The molecule has 2 aromatic rings. The Bertz CT molecular complexity index is 880. The van der Waals surface area contributed by atoms with Crippen LogP contribution in [0, 0.1) is 11.8 Å². The molecule has 1 N–H and O–H groups in total. The molecule has 2 aromatic carbocycles. The molecule has 0 radical (unpaired) electrons. The van der Waals surface area contributed by atoms with Crippen LogP contribution in [-0.4, -0.2) is 25.5 Å². The summed E-state index contributed by atoms with van der Waals surface area (Å²) in [6, 6.07) is 15.5. The van der Waals surface area contributed by atoms with Crippen LogP contribution in [0.3, 0.4) is 0 Å². The molecule has 2 amide bonds. The van der Waals surface area contributed by atoms with Gasteiger partial charge in [0.1, 0.15) is 5.75 Å². The normalized spacial score (nSPS) is 20.1. The summed E-state index contributed by atoms with van der Waals surface area (Å²) < 4.78 is 6.14. The van der Waals surface area contributed by atoms with E-state index in [0.717, 1.165) is 34.3 Å². The van der Waals surface area contributed by atoms with E-state index < -0.39 is 0 Å². The summed E-state index contributed by atoms with van der Waals surface area (Å²) in [6.45, 7) is 0.418. The third-order valence-corrected chi connectivity index (χ3v) is 5.98. The number of anilines is 1. The summed E-state index contributed by atoms with van der Waals surface area (Å²) in [4.78, 5) is 27.1. The van der Waals surface area contributed by atoms with Crippen molar-refractivity contribution in [3.8, 4) is 5.75 Å². The summed E-state index contributed by atoms with van der Waals surface area (Å²) in [5.41, 5.74) is 1.91. The van der Waals surface area contributed by atoms with Gasteiger partial charge in [-0.15, -0.1) is 0 Å². The van der Waals surface area contributed by atoms with Crippen LogP contribution in [0.2, 0.25) is 0 Å². The molecule has 1 aliphatic heterocycles.